The van der Waals surface area contributed by atoms with Gasteiger partial charge in [0.15, 0.2) is 0 Å². The van der Waals surface area contributed by atoms with Crippen LogP contribution < -0.4 is 11.1 Å². The number of rotatable bonds is 5. The first-order valence-corrected chi connectivity index (χ1v) is 6.71. The lowest BCUT2D eigenvalue weighted by Crippen LogP contribution is -2.45. The number of carbonyl (C=O) groups is 2. The van der Waals surface area contributed by atoms with Crippen molar-refractivity contribution in [2.45, 2.75) is 39.0 Å². The Bertz CT molecular complexity index is 468. The topological polar surface area (TPSA) is 90.6 Å². The van der Waals surface area contributed by atoms with Crippen LogP contribution in [0, 0.1) is 0 Å². The lowest BCUT2D eigenvalue weighted by atomic mass is 10.2. The number of carbonyl (C=O) groups excluding carboxylic acids is 2. The summed E-state index contributed by atoms with van der Waals surface area (Å²) in [5.74, 6) is -0.564. The number of amides is 1. The van der Waals surface area contributed by atoms with Gasteiger partial charge in [0.05, 0.1) is 0 Å². The van der Waals surface area contributed by atoms with Crippen LogP contribution in [0.5, 0.6) is 0 Å². The van der Waals surface area contributed by atoms with Crippen molar-refractivity contribution in [3.8, 4) is 0 Å². The smallest absolute Gasteiger partial charge is 0.407 e. The van der Waals surface area contributed by atoms with E-state index in [4.69, 9.17) is 15.2 Å². The number of alkyl carbamates (subject to hydrolysis) is 1. The van der Waals surface area contributed by atoms with Gasteiger partial charge in [0.25, 0.3) is 0 Å². The molecule has 3 N–H and O–H groups in total. The first kappa shape index (κ1) is 17.0. The zero-order chi connectivity index (χ0) is 15.9. The fourth-order valence-corrected chi connectivity index (χ4v) is 1.43. The minimum Gasteiger partial charge on any atom is -0.459 e. The Labute approximate surface area is 124 Å². The Morgan fingerprint density at radius 3 is 2.43 bits per heavy atom. The normalized spacial score (nSPS) is 12.4. The fraction of sp³-hybridized carbons (Fsp3) is 0.467. The molecule has 0 spiro atoms. The van der Waals surface area contributed by atoms with Crippen LogP contribution in [-0.4, -0.2) is 30.3 Å². The van der Waals surface area contributed by atoms with Crippen LogP contribution in [0.1, 0.15) is 26.3 Å². The van der Waals surface area contributed by atoms with Gasteiger partial charge in [-0.15, -0.1) is 0 Å². The largest absolute Gasteiger partial charge is 0.459 e. The van der Waals surface area contributed by atoms with E-state index < -0.39 is 23.7 Å². The van der Waals surface area contributed by atoms with Crippen molar-refractivity contribution in [1.82, 2.24) is 5.32 Å². The van der Waals surface area contributed by atoms with Crippen molar-refractivity contribution in [3.63, 3.8) is 0 Å². The van der Waals surface area contributed by atoms with Gasteiger partial charge in [-0.05, 0) is 26.3 Å². The van der Waals surface area contributed by atoms with Gasteiger partial charge >= 0.3 is 12.1 Å². The lowest BCUT2D eigenvalue weighted by Gasteiger charge is -2.22. The highest BCUT2D eigenvalue weighted by atomic mass is 16.6. The molecule has 0 heterocycles. The number of ether oxygens (including phenoxy) is 2. The molecule has 0 unspecified atom stereocenters. The van der Waals surface area contributed by atoms with E-state index in [2.05, 4.69) is 5.32 Å². The molecule has 0 aliphatic carbocycles. The molecule has 0 saturated heterocycles. The quantitative estimate of drug-likeness (QED) is 0.805. The fourth-order valence-electron chi connectivity index (χ4n) is 1.43. The molecule has 0 fully saturated rings. The third-order valence-corrected chi connectivity index (χ3v) is 2.39. The van der Waals surface area contributed by atoms with E-state index in [0.29, 0.717) is 0 Å². The summed E-state index contributed by atoms with van der Waals surface area (Å²) in [6.45, 7) is 5.37. The number of nitrogens with two attached hydrogens (primary N) is 1. The summed E-state index contributed by atoms with van der Waals surface area (Å²) in [4.78, 5) is 23.1. The van der Waals surface area contributed by atoms with E-state index >= 15 is 0 Å². The van der Waals surface area contributed by atoms with Crippen LogP contribution in [0.15, 0.2) is 30.3 Å². The summed E-state index contributed by atoms with van der Waals surface area (Å²) >= 11 is 0. The molecule has 6 nitrogen and oxygen atoms in total. The molecule has 0 saturated carbocycles. The Kier molecular flexibility index (Phi) is 6.17. The summed E-state index contributed by atoms with van der Waals surface area (Å²) in [6.07, 6.45) is -0.627. The molecule has 116 valence electrons. The van der Waals surface area contributed by atoms with Gasteiger partial charge in [-0.1, -0.05) is 30.3 Å². The molecule has 1 atom stereocenters. The molecule has 0 aliphatic heterocycles. The predicted octanol–water partition coefficient (Wildman–Crippen LogP) is 1.58. The average molecular weight is 294 g/mol. The second-order valence-electron chi connectivity index (χ2n) is 5.58. The number of hydrogen-bond acceptors (Lipinski definition) is 5. The van der Waals surface area contributed by atoms with Crippen LogP contribution in [-0.2, 0) is 20.9 Å². The van der Waals surface area contributed by atoms with Gasteiger partial charge in [-0.3, -0.25) is 4.79 Å². The van der Waals surface area contributed by atoms with Crippen molar-refractivity contribution >= 4 is 12.1 Å². The monoisotopic (exact) mass is 294 g/mol. The summed E-state index contributed by atoms with van der Waals surface area (Å²) in [5, 5.41) is 2.43. The third-order valence-electron chi connectivity index (χ3n) is 2.39. The highest BCUT2D eigenvalue weighted by Gasteiger charge is 2.22. The van der Waals surface area contributed by atoms with E-state index in [1.807, 2.05) is 30.3 Å². The molecule has 0 bridgehead atoms. The van der Waals surface area contributed by atoms with Crippen molar-refractivity contribution < 1.29 is 19.1 Å². The number of esters is 1. The molecular formula is C15H22N2O4. The van der Waals surface area contributed by atoms with E-state index in [1.54, 1.807) is 20.8 Å². The molecule has 21 heavy (non-hydrogen) atoms. The molecule has 1 amide bonds. The van der Waals surface area contributed by atoms with Gasteiger partial charge in [-0.2, -0.15) is 0 Å². The summed E-state index contributed by atoms with van der Waals surface area (Å²) in [7, 11) is 0. The first-order valence-electron chi connectivity index (χ1n) is 6.71. The van der Waals surface area contributed by atoms with Crippen LogP contribution in [0.3, 0.4) is 0 Å². The second kappa shape index (κ2) is 7.64. The summed E-state index contributed by atoms with van der Waals surface area (Å²) < 4.78 is 10.1. The van der Waals surface area contributed by atoms with Crippen LogP contribution >= 0.6 is 0 Å². The SMILES string of the molecule is CC(C)(C)OC(=O)[C@@H](N)CNC(=O)OCc1ccccc1. The maximum absolute atomic E-state index is 11.6. The molecule has 1 rings (SSSR count). The zero-order valence-electron chi connectivity index (χ0n) is 12.6. The maximum Gasteiger partial charge on any atom is 0.407 e. The van der Waals surface area contributed by atoms with E-state index in [1.165, 1.54) is 0 Å². The molecule has 0 aromatic heterocycles. The van der Waals surface area contributed by atoms with Gasteiger partial charge < -0.3 is 20.5 Å². The van der Waals surface area contributed by atoms with E-state index in [-0.39, 0.29) is 13.2 Å². The molecule has 1 aromatic rings. The molecule has 6 heteroatoms. The Hall–Kier alpha value is -2.08. The summed E-state index contributed by atoms with van der Waals surface area (Å²) in [5.41, 5.74) is 5.91. The lowest BCUT2D eigenvalue weighted by molar-refractivity contribution is -0.156. The predicted molar refractivity (Wildman–Crippen MR) is 78.5 cm³/mol. The van der Waals surface area contributed by atoms with Crippen LogP contribution in [0.2, 0.25) is 0 Å². The Balaban J connectivity index is 2.28. The molecule has 0 aliphatic rings. The highest BCUT2D eigenvalue weighted by molar-refractivity contribution is 5.77. The zero-order valence-corrected chi connectivity index (χ0v) is 12.6. The number of nitrogens with one attached hydrogen (secondary N) is 1. The van der Waals surface area contributed by atoms with Gasteiger partial charge in [0, 0.05) is 6.54 Å². The maximum atomic E-state index is 11.6. The van der Waals surface area contributed by atoms with Crippen molar-refractivity contribution in [1.29, 1.82) is 0 Å². The molecular weight excluding hydrogens is 272 g/mol. The van der Waals surface area contributed by atoms with Gasteiger partial charge in [-0.25, -0.2) is 4.79 Å². The van der Waals surface area contributed by atoms with Gasteiger partial charge in [0.2, 0.25) is 0 Å². The summed E-state index contributed by atoms with van der Waals surface area (Å²) in [6, 6.07) is 8.36. The number of hydrogen-bond donors (Lipinski definition) is 2. The van der Waals surface area contributed by atoms with Crippen molar-refractivity contribution in [3.05, 3.63) is 35.9 Å². The van der Waals surface area contributed by atoms with Crippen molar-refractivity contribution in [2.75, 3.05) is 6.54 Å². The molecule has 0 radical (unpaired) electrons. The molecule has 1 aromatic carbocycles. The standard InChI is InChI=1S/C15H22N2O4/c1-15(2,3)21-13(18)12(16)9-17-14(19)20-10-11-7-5-4-6-8-11/h4-8,12H,9-10,16H2,1-3H3,(H,17,19)/t12-/m0/s1. The number of benzene rings is 1. The first-order chi connectivity index (χ1) is 9.78. The average Bonchev–Trinajstić information content (AvgIpc) is 2.41. The Morgan fingerprint density at radius 1 is 1.24 bits per heavy atom. The van der Waals surface area contributed by atoms with E-state index in [0.717, 1.165) is 5.56 Å². The second-order valence-corrected chi connectivity index (χ2v) is 5.58. The van der Waals surface area contributed by atoms with Crippen LogP contribution in [0.4, 0.5) is 4.79 Å². The minimum atomic E-state index is -0.923. The van der Waals surface area contributed by atoms with Crippen molar-refractivity contribution in [2.24, 2.45) is 5.73 Å². The highest BCUT2D eigenvalue weighted by Crippen LogP contribution is 2.07. The van der Waals surface area contributed by atoms with E-state index in [9.17, 15) is 9.59 Å². The van der Waals surface area contributed by atoms with Gasteiger partial charge in [0.1, 0.15) is 18.2 Å². The third kappa shape index (κ3) is 7.31. The Morgan fingerprint density at radius 2 is 1.86 bits per heavy atom. The van der Waals surface area contributed by atoms with Crippen LogP contribution in [0.25, 0.3) is 0 Å². The minimum absolute atomic E-state index is 0.0392.